The van der Waals surface area contributed by atoms with Gasteiger partial charge in [-0.25, -0.2) is 17.9 Å². The summed E-state index contributed by atoms with van der Waals surface area (Å²) in [6.45, 7) is 5.84. The van der Waals surface area contributed by atoms with Crippen LogP contribution in [0.5, 0.6) is 5.75 Å². The van der Waals surface area contributed by atoms with E-state index in [1.54, 1.807) is 0 Å². The standard InChI is InChI=1S/C13H19FN2O4S/c1-8(2)7-16-13(17)9(3)20-12-5-4-10(6-11(12)14)21(15,18)19/h4-6,8-9H,7H2,1-3H3,(H,16,17)(H2,15,18,19). The molecule has 8 heteroatoms. The molecule has 1 amide bonds. The van der Waals surface area contributed by atoms with Crippen LogP contribution >= 0.6 is 0 Å². The Morgan fingerprint density at radius 3 is 2.48 bits per heavy atom. The van der Waals surface area contributed by atoms with Gasteiger partial charge in [0.05, 0.1) is 4.90 Å². The second-order valence-corrected chi connectivity index (χ2v) is 6.60. The molecule has 1 rings (SSSR count). The average Bonchev–Trinajstić information content (AvgIpc) is 2.36. The van der Waals surface area contributed by atoms with E-state index in [4.69, 9.17) is 9.88 Å². The number of primary sulfonamides is 1. The van der Waals surface area contributed by atoms with E-state index in [1.807, 2.05) is 13.8 Å². The van der Waals surface area contributed by atoms with Crippen LogP contribution < -0.4 is 15.2 Å². The van der Waals surface area contributed by atoms with Gasteiger partial charge in [-0.15, -0.1) is 0 Å². The van der Waals surface area contributed by atoms with E-state index in [0.717, 1.165) is 18.2 Å². The average molecular weight is 318 g/mol. The topological polar surface area (TPSA) is 98.5 Å². The molecule has 1 aromatic rings. The van der Waals surface area contributed by atoms with Gasteiger partial charge in [-0.2, -0.15) is 0 Å². The molecule has 0 saturated heterocycles. The van der Waals surface area contributed by atoms with E-state index in [0.29, 0.717) is 6.54 Å². The number of rotatable bonds is 6. The van der Waals surface area contributed by atoms with Crippen molar-refractivity contribution >= 4 is 15.9 Å². The van der Waals surface area contributed by atoms with Crippen molar-refractivity contribution in [3.63, 3.8) is 0 Å². The lowest BCUT2D eigenvalue weighted by Crippen LogP contribution is -2.38. The molecule has 0 aliphatic carbocycles. The van der Waals surface area contributed by atoms with Crippen LogP contribution in [0.1, 0.15) is 20.8 Å². The molecule has 3 N–H and O–H groups in total. The smallest absolute Gasteiger partial charge is 0.260 e. The highest BCUT2D eigenvalue weighted by Crippen LogP contribution is 2.21. The van der Waals surface area contributed by atoms with Crippen LogP contribution in [0.4, 0.5) is 4.39 Å². The van der Waals surface area contributed by atoms with Gasteiger partial charge in [0, 0.05) is 6.54 Å². The minimum atomic E-state index is -3.98. The number of benzene rings is 1. The van der Waals surface area contributed by atoms with Crippen molar-refractivity contribution in [2.24, 2.45) is 11.1 Å². The molecule has 0 aromatic heterocycles. The quantitative estimate of drug-likeness (QED) is 0.818. The number of carbonyl (C=O) groups is 1. The SMILES string of the molecule is CC(C)CNC(=O)C(C)Oc1ccc(S(N)(=O)=O)cc1F. The van der Waals surface area contributed by atoms with Gasteiger partial charge >= 0.3 is 0 Å². The number of halogens is 1. The lowest BCUT2D eigenvalue weighted by molar-refractivity contribution is -0.127. The van der Waals surface area contributed by atoms with Gasteiger partial charge in [0.15, 0.2) is 17.7 Å². The monoisotopic (exact) mass is 318 g/mol. The largest absolute Gasteiger partial charge is 0.478 e. The van der Waals surface area contributed by atoms with Gasteiger partial charge in [0.1, 0.15) is 0 Å². The third-order valence-electron chi connectivity index (χ3n) is 2.59. The van der Waals surface area contributed by atoms with Crippen molar-refractivity contribution in [3.8, 4) is 5.75 Å². The zero-order chi connectivity index (χ0) is 16.2. The fourth-order valence-corrected chi connectivity index (χ4v) is 1.97. The van der Waals surface area contributed by atoms with Crippen molar-refractivity contribution < 1.29 is 22.3 Å². The second-order valence-electron chi connectivity index (χ2n) is 5.04. The molecule has 0 aliphatic heterocycles. The predicted molar refractivity (Wildman–Crippen MR) is 75.7 cm³/mol. The molecule has 0 spiro atoms. The first-order chi connectivity index (χ1) is 9.61. The molecule has 0 radical (unpaired) electrons. The highest BCUT2D eigenvalue weighted by atomic mass is 32.2. The van der Waals surface area contributed by atoms with E-state index in [9.17, 15) is 17.6 Å². The number of ether oxygens (including phenoxy) is 1. The minimum absolute atomic E-state index is 0.213. The Morgan fingerprint density at radius 2 is 2.00 bits per heavy atom. The third kappa shape index (κ3) is 5.31. The molecular weight excluding hydrogens is 299 g/mol. The van der Waals surface area contributed by atoms with Crippen molar-refractivity contribution in [3.05, 3.63) is 24.0 Å². The maximum absolute atomic E-state index is 13.7. The van der Waals surface area contributed by atoms with E-state index in [2.05, 4.69) is 5.32 Å². The summed E-state index contributed by atoms with van der Waals surface area (Å²) in [6, 6.07) is 3.00. The Bertz CT molecular complexity index is 617. The molecule has 0 heterocycles. The molecule has 0 saturated carbocycles. The number of hydrogen-bond donors (Lipinski definition) is 2. The lowest BCUT2D eigenvalue weighted by atomic mass is 10.2. The van der Waals surface area contributed by atoms with Gasteiger partial charge in [0.25, 0.3) is 5.91 Å². The Kier molecular flexibility index (Phi) is 5.68. The normalized spacial score (nSPS) is 13.0. The maximum atomic E-state index is 13.7. The Hall–Kier alpha value is -1.67. The first-order valence-electron chi connectivity index (χ1n) is 6.38. The highest BCUT2D eigenvalue weighted by Gasteiger charge is 2.18. The van der Waals surface area contributed by atoms with Crippen molar-refractivity contribution in [2.45, 2.75) is 31.8 Å². The molecule has 21 heavy (non-hydrogen) atoms. The first kappa shape index (κ1) is 17.4. The Balaban J connectivity index is 2.77. The van der Waals surface area contributed by atoms with Gasteiger partial charge in [0.2, 0.25) is 10.0 Å². The van der Waals surface area contributed by atoms with Gasteiger partial charge in [-0.1, -0.05) is 13.8 Å². The summed E-state index contributed by atoms with van der Waals surface area (Å²) in [5.74, 6) is -1.20. The summed E-state index contributed by atoms with van der Waals surface area (Å²) in [5.41, 5.74) is 0. The highest BCUT2D eigenvalue weighted by molar-refractivity contribution is 7.89. The van der Waals surface area contributed by atoms with Gasteiger partial charge < -0.3 is 10.1 Å². The molecule has 1 unspecified atom stereocenters. The van der Waals surface area contributed by atoms with Crippen molar-refractivity contribution in [1.29, 1.82) is 0 Å². The number of amides is 1. The van der Waals surface area contributed by atoms with Crippen LogP contribution in [0.25, 0.3) is 0 Å². The van der Waals surface area contributed by atoms with Crippen LogP contribution in [0.2, 0.25) is 0 Å². The van der Waals surface area contributed by atoms with E-state index < -0.39 is 21.9 Å². The van der Waals surface area contributed by atoms with E-state index >= 15 is 0 Å². The molecule has 118 valence electrons. The minimum Gasteiger partial charge on any atom is -0.478 e. The zero-order valence-corrected chi connectivity index (χ0v) is 12.9. The van der Waals surface area contributed by atoms with Crippen LogP contribution in [0, 0.1) is 11.7 Å². The second kappa shape index (κ2) is 6.86. The molecule has 0 bridgehead atoms. The summed E-state index contributed by atoms with van der Waals surface area (Å²) >= 11 is 0. The van der Waals surface area contributed by atoms with Crippen LogP contribution in [0.15, 0.2) is 23.1 Å². The fraction of sp³-hybridized carbons (Fsp3) is 0.462. The summed E-state index contributed by atoms with van der Waals surface area (Å²) in [7, 11) is -3.98. The zero-order valence-electron chi connectivity index (χ0n) is 12.1. The summed E-state index contributed by atoms with van der Waals surface area (Å²) in [6.07, 6.45) is -0.904. The molecule has 1 aromatic carbocycles. The lowest BCUT2D eigenvalue weighted by Gasteiger charge is -2.16. The maximum Gasteiger partial charge on any atom is 0.260 e. The number of hydrogen-bond acceptors (Lipinski definition) is 4. The fourth-order valence-electron chi connectivity index (χ4n) is 1.45. The van der Waals surface area contributed by atoms with E-state index in [1.165, 1.54) is 6.92 Å². The first-order valence-corrected chi connectivity index (χ1v) is 7.92. The third-order valence-corrected chi connectivity index (χ3v) is 3.50. The van der Waals surface area contributed by atoms with Crippen molar-refractivity contribution in [1.82, 2.24) is 5.32 Å². The summed E-state index contributed by atoms with van der Waals surface area (Å²) in [4.78, 5) is 11.4. The molecule has 0 aliphatic rings. The molecule has 0 fully saturated rings. The van der Waals surface area contributed by atoms with Crippen molar-refractivity contribution in [2.75, 3.05) is 6.54 Å². The Morgan fingerprint density at radius 1 is 1.38 bits per heavy atom. The number of nitrogens with two attached hydrogens (primary N) is 1. The molecule has 1 atom stereocenters. The number of carbonyl (C=O) groups excluding carboxylic acids is 1. The van der Waals surface area contributed by atoms with Gasteiger partial charge in [-0.05, 0) is 31.0 Å². The number of nitrogens with one attached hydrogen (secondary N) is 1. The molecular formula is C13H19FN2O4S. The van der Waals surface area contributed by atoms with E-state index in [-0.39, 0.29) is 22.5 Å². The number of sulfonamides is 1. The van der Waals surface area contributed by atoms with Crippen LogP contribution in [-0.2, 0) is 14.8 Å². The predicted octanol–water partition coefficient (Wildman–Crippen LogP) is 1.01. The van der Waals surface area contributed by atoms with Crippen LogP contribution in [-0.4, -0.2) is 27.0 Å². The summed E-state index contributed by atoms with van der Waals surface area (Å²) in [5, 5.41) is 7.55. The van der Waals surface area contributed by atoms with Gasteiger partial charge in [-0.3, -0.25) is 4.79 Å². The van der Waals surface area contributed by atoms with Crippen LogP contribution in [0.3, 0.4) is 0 Å². The summed E-state index contributed by atoms with van der Waals surface area (Å²) < 4.78 is 41.1. The Labute approximate surface area is 123 Å². The molecule has 6 nitrogen and oxygen atoms in total.